The van der Waals surface area contributed by atoms with E-state index in [1.165, 1.54) is 0 Å². The standard InChI is InChI=1S/C12H24O5/c13-8-10(15)9(14)5-7-12(17)6-3-1-2-4-11(12)16/h9-11,13-17H,1-8H2. The van der Waals surface area contributed by atoms with Gasteiger partial charge in [-0.2, -0.15) is 0 Å². The molecule has 5 N–H and O–H groups in total. The van der Waals surface area contributed by atoms with Gasteiger partial charge in [-0.15, -0.1) is 0 Å². The van der Waals surface area contributed by atoms with Crippen LogP contribution in [0.1, 0.15) is 44.9 Å². The summed E-state index contributed by atoms with van der Waals surface area (Å²) in [5, 5.41) is 47.6. The Morgan fingerprint density at radius 3 is 2.47 bits per heavy atom. The summed E-state index contributed by atoms with van der Waals surface area (Å²) in [6, 6.07) is 0. The van der Waals surface area contributed by atoms with Crippen LogP contribution < -0.4 is 0 Å². The van der Waals surface area contributed by atoms with Crippen molar-refractivity contribution in [2.75, 3.05) is 6.61 Å². The fourth-order valence-electron chi connectivity index (χ4n) is 2.38. The van der Waals surface area contributed by atoms with Crippen LogP contribution in [0.15, 0.2) is 0 Å². The Kier molecular flexibility index (Phi) is 5.82. The quantitative estimate of drug-likeness (QED) is 0.424. The second-order valence-corrected chi connectivity index (χ2v) is 5.07. The van der Waals surface area contributed by atoms with Crippen molar-refractivity contribution in [1.82, 2.24) is 0 Å². The summed E-state index contributed by atoms with van der Waals surface area (Å²) in [6.45, 7) is -0.498. The zero-order chi connectivity index (χ0) is 12.9. The van der Waals surface area contributed by atoms with E-state index in [0.717, 1.165) is 19.3 Å². The van der Waals surface area contributed by atoms with Crippen LogP contribution in [0.3, 0.4) is 0 Å². The first kappa shape index (κ1) is 14.9. The fraction of sp³-hybridized carbons (Fsp3) is 1.00. The first-order valence-corrected chi connectivity index (χ1v) is 6.37. The maximum absolute atomic E-state index is 10.3. The number of aliphatic hydroxyl groups is 5. The van der Waals surface area contributed by atoms with Gasteiger partial charge in [0.15, 0.2) is 0 Å². The smallest absolute Gasteiger partial charge is 0.103 e. The summed E-state index contributed by atoms with van der Waals surface area (Å²) < 4.78 is 0. The van der Waals surface area contributed by atoms with Crippen molar-refractivity contribution >= 4 is 0 Å². The molecule has 5 heteroatoms. The molecule has 0 bridgehead atoms. The predicted octanol–water partition coefficient (Wildman–Crippen LogP) is -0.463. The summed E-state index contributed by atoms with van der Waals surface area (Å²) in [4.78, 5) is 0. The lowest BCUT2D eigenvalue weighted by Gasteiger charge is -2.32. The van der Waals surface area contributed by atoms with E-state index in [1.54, 1.807) is 0 Å². The number of hydrogen-bond donors (Lipinski definition) is 5. The fourth-order valence-corrected chi connectivity index (χ4v) is 2.38. The molecule has 0 amide bonds. The van der Waals surface area contributed by atoms with E-state index in [4.69, 9.17) is 5.11 Å². The molecule has 0 heterocycles. The molecule has 102 valence electrons. The lowest BCUT2D eigenvalue weighted by molar-refractivity contribution is -0.0971. The molecule has 0 saturated heterocycles. The Labute approximate surface area is 102 Å². The Morgan fingerprint density at radius 1 is 1.12 bits per heavy atom. The van der Waals surface area contributed by atoms with Crippen molar-refractivity contribution in [2.24, 2.45) is 0 Å². The molecular formula is C12H24O5. The topological polar surface area (TPSA) is 101 Å². The van der Waals surface area contributed by atoms with E-state index in [-0.39, 0.29) is 12.8 Å². The molecule has 1 aliphatic carbocycles. The molecule has 0 aromatic carbocycles. The van der Waals surface area contributed by atoms with Gasteiger partial charge in [0.25, 0.3) is 0 Å². The van der Waals surface area contributed by atoms with Crippen LogP contribution >= 0.6 is 0 Å². The third-order valence-corrected chi connectivity index (χ3v) is 3.71. The number of hydrogen-bond acceptors (Lipinski definition) is 5. The second-order valence-electron chi connectivity index (χ2n) is 5.07. The molecule has 0 spiro atoms. The van der Waals surface area contributed by atoms with E-state index in [1.807, 2.05) is 0 Å². The van der Waals surface area contributed by atoms with Crippen molar-refractivity contribution in [2.45, 2.75) is 68.9 Å². The summed E-state index contributed by atoms with van der Waals surface area (Å²) in [5.74, 6) is 0. The van der Waals surface area contributed by atoms with Crippen molar-refractivity contribution < 1.29 is 25.5 Å². The Hall–Kier alpha value is -0.200. The highest BCUT2D eigenvalue weighted by atomic mass is 16.4. The molecule has 0 aliphatic heterocycles. The van der Waals surface area contributed by atoms with Crippen molar-refractivity contribution in [1.29, 1.82) is 0 Å². The highest BCUT2D eigenvalue weighted by Crippen LogP contribution is 2.31. The van der Waals surface area contributed by atoms with E-state index < -0.39 is 30.5 Å². The predicted molar refractivity (Wildman–Crippen MR) is 62.4 cm³/mol. The zero-order valence-electron chi connectivity index (χ0n) is 10.1. The van der Waals surface area contributed by atoms with Gasteiger partial charge in [-0.3, -0.25) is 0 Å². The Bertz CT molecular complexity index is 223. The van der Waals surface area contributed by atoms with Crippen LogP contribution in [0.5, 0.6) is 0 Å². The Morgan fingerprint density at radius 2 is 1.82 bits per heavy atom. The van der Waals surface area contributed by atoms with Gasteiger partial charge in [0.2, 0.25) is 0 Å². The van der Waals surface area contributed by atoms with E-state index in [2.05, 4.69) is 0 Å². The maximum Gasteiger partial charge on any atom is 0.103 e. The van der Waals surface area contributed by atoms with Gasteiger partial charge >= 0.3 is 0 Å². The van der Waals surface area contributed by atoms with Gasteiger partial charge in [0.1, 0.15) is 6.10 Å². The van der Waals surface area contributed by atoms with E-state index in [0.29, 0.717) is 12.8 Å². The molecule has 1 rings (SSSR count). The normalized spacial score (nSPS) is 34.1. The lowest BCUT2D eigenvalue weighted by atomic mass is 9.85. The molecule has 5 nitrogen and oxygen atoms in total. The highest BCUT2D eigenvalue weighted by Gasteiger charge is 2.36. The first-order chi connectivity index (χ1) is 7.99. The highest BCUT2D eigenvalue weighted by molar-refractivity contribution is 4.89. The van der Waals surface area contributed by atoms with E-state index in [9.17, 15) is 20.4 Å². The molecule has 4 atom stereocenters. The third-order valence-electron chi connectivity index (χ3n) is 3.71. The minimum absolute atomic E-state index is 0.176. The van der Waals surface area contributed by atoms with Crippen molar-refractivity contribution in [3.63, 3.8) is 0 Å². The molecular weight excluding hydrogens is 224 g/mol. The van der Waals surface area contributed by atoms with Crippen LogP contribution in [0.2, 0.25) is 0 Å². The van der Waals surface area contributed by atoms with Gasteiger partial charge in [-0.05, 0) is 25.7 Å². The van der Waals surface area contributed by atoms with Gasteiger partial charge in [0.05, 0.1) is 24.4 Å². The minimum atomic E-state index is -1.18. The van der Waals surface area contributed by atoms with Gasteiger partial charge in [-0.25, -0.2) is 0 Å². The summed E-state index contributed by atoms with van der Waals surface area (Å²) >= 11 is 0. The van der Waals surface area contributed by atoms with Crippen LogP contribution in [-0.2, 0) is 0 Å². The van der Waals surface area contributed by atoms with Crippen LogP contribution in [0.4, 0.5) is 0 Å². The largest absolute Gasteiger partial charge is 0.394 e. The van der Waals surface area contributed by atoms with Gasteiger partial charge < -0.3 is 25.5 Å². The van der Waals surface area contributed by atoms with Crippen LogP contribution in [0.25, 0.3) is 0 Å². The van der Waals surface area contributed by atoms with Crippen LogP contribution in [-0.4, -0.2) is 56.1 Å². The molecule has 1 fully saturated rings. The molecule has 1 aliphatic rings. The Balaban J connectivity index is 2.47. The molecule has 1 saturated carbocycles. The molecule has 0 aromatic heterocycles. The average Bonchev–Trinajstić information content (AvgIpc) is 2.49. The molecule has 4 unspecified atom stereocenters. The molecule has 0 aromatic rings. The van der Waals surface area contributed by atoms with Gasteiger partial charge in [-0.1, -0.05) is 19.3 Å². The first-order valence-electron chi connectivity index (χ1n) is 6.37. The summed E-state index contributed by atoms with van der Waals surface area (Å²) in [7, 11) is 0. The zero-order valence-corrected chi connectivity index (χ0v) is 10.1. The van der Waals surface area contributed by atoms with Gasteiger partial charge in [0, 0.05) is 0 Å². The average molecular weight is 248 g/mol. The molecule has 0 radical (unpaired) electrons. The number of rotatable bonds is 5. The van der Waals surface area contributed by atoms with Crippen molar-refractivity contribution in [3.8, 4) is 0 Å². The minimum Gasteiger partial charge on any atom is -0.394 e. The maximum atomic E-state index is 10.3. The van der Waals surface area contributed by atoms with E-state index >= 15 is 0 Å². The monoisotopic (exact) mass is 248 g/mol. The lowest BCUT2D eigenvalue weighted by Crippen LogP contribution is -2.43. The number of aliphatic hydroxyl groups excluding tert-OH is 4. The molecule has 17 heavy (non-hydrogen) atoms. The second kappa shape index (κ2) is 6.66. The summed E-state index contributed by atoms with van der Waals surface area (Å²) in [5.41, 5.74) is -1.16. The van der Waals surface area contributed by atoms with Crippen molar-refractivity contribution in [3.05, 3.63) is 0 Å². The SMILES string of the molecule is OCC(O)C(O)CCC1(O)CCCCCC1O. The van der Waals surface area contributed by atoms with Crippen LogP contribution in [0, 0.1) is 0 Å². The summed E-state index contributed by atoms with van der Waals surface area (Å²) in [6.07, 6.45) is 1.30. The third kappa shape index (κ3) is 4.19.